The normalized spacial score (nSPS) is 15.0. The highest BCUT2D eigenvalue weighted by molar-refractivity contribution is 7.92. The van der Waals surface area contributed by atoms with Crippen LogP contribution in [-0.4, -0.2) is 50.0 Å². The molecule has 0 spiro atoms. The topological polar surface area (TPSA) is 86.8 Å². The average Bonchev–Trinajstić information content (AvgIpc) is 3.40. The molecule has 0 aromatic heterocycles. The fourth-order valence-electron chi connectivity index (χ4n) is 4.98. The molecule has 0 radical (unpaired) electrons. The molecule has 1 atom stereocenters. The molecule has 0 aliphatic heterocycles. The van der Waals surface area contributed by atoms with Gasteiger partial charge in [-0.25, -0.2) is 8.42 Å². The molecule has 2 aromatic rings. The summed E-state index contributed by atoms with van der Waals surface area (Å²) >= 11 is 12.8. The van der Waals surface area contributed by atoms with Gasteiger partial charge in [0.1, 0.15) is 6.04 Å². The molecule has 0 bridgehead atoms. The zero-order chi connectivity index (χ0) is 30.4. The van der Waals surface area contributed by atoms with E-state index >= 15 is 0 Å². The Balaban J connectivity index is 1.82. The van der Waals surface area contributed by atoms with E-state index in [1.54, 1.807) is 25.1 Å². The molecule has 13 heteroatoms. The highest BCUT2D eigenvalue weighted by atomic mass is 35.5. The second-order valence-corrected chi connectivity index (χ2v) is 12.8. The average molecular weight is 637 g/mol. The zero-order valence-electron chi connectivity index (χ0n) is 22.9. The van der Waals surface area contributed by atoms with E-state index in [1.807, 2.05) is 0 Å². The van der Waals surface area contributed by atoms with Crippen LogP contribution < -0.4 is 9.62 Å². The zero-order valence-corrected chi connectivity index (χ0v) is 25.2. The molecule has 1 unspecified atom stereocenters. The molecule has 226 valence electrons. The van der Waals surface area contributed by atoms with Crippen molar-refractivity contribution in [3.05, 3.63) is 63.6 Å². The van der Waals surface area contributed by atoms with Gasteiger partial charge in [0.2, 0.25) is 21.8 Å². The van der Waals surface area contributed by atoms with E-state index in [2.05, 4.69) is 5.32 Å². The number of carbonyl (C=O) groups excluding carboxylic acids is 2. The van der Waals surface area contributed by atoms with Crippen LogP contribution in [0.5, 0.6) is 0 Å². The van der Waals surface area contributed by atoms with E-state index in [4.69, 9.17) is 23.2 Å². The number of carbonyl (C=O) groups is 2. The molecule has 1 fully saturated rings. The van der Waals surface area contributed by atoms with Gasteiger partial charge in [-0.2, -0.15) is 13.2 Å². The fourth-order valence-corrected chi connectivity index (χ4v) is 6.46. The minimum atomic E-state index is -4.65. The maximum absolute atomic E-state index is 13.6. The molecule has 2 aromatic carbocycles. The summed E-state index contributed by atoms with van der Waals surface area (Å²) in [6.07, 6.45) is 0.143. The molecule has 0 heterocycles. The van der Waals surface area contributed by atoms with Crippen LogP contribution in [0.1, 0.15) is 63.0 Å². The molecule has 1 saturated carbocycles. The van der Waals surface area contributed by atoms with Gasteiger partial charge in [-0.15, -0.1) is 0 Å². The first-order chi connectivity index (χ1) is 19.2. The lowest BCUT2D eigenvalue weighted by molar-refractivity contribution is -0.141. The van der Waals surface area contributed by atoms with Crippen molar-refractivity contribution >= 4 is 50.7 Å². The number of sulfonamides is 1. The Kier molecular flexibility index (Phi) is 11.4. The largest absolute Gasteiger partial charge is 0.416 e. The molecule has 2 amide bonds. The lowest BCUT2D eigenvalue weighted by Crippen LogP contribution is -2.51. The van der Waals surface area contributed by atoms with Crippen molar-refractivity contribution < 1.29 is 31.2 Å². The van der Waals surface area contributed by atoms with E-state index in [1.165, 1.54) is 11.0 Å². The Hall–Kier alpha value is -2.50. The highest BCUT2D eigenvalue weighted by Gasteiger charge is 2.33. The summed E-state index contributed by atoms with van der Waals surface area (Å²) in [5, 5.41) is 3.69. The van der Waals surface area contributed by atoms with Gasteiger partial charge in [0.15, 0.2) is 0 Å². The van der Waals surface area contributed by atoms with Crippen LogP contribution in [0.2, 0.25) is 10.0 Å². The molecule has 1 N–H and O–H groups in total. The standard InChI is InChI=1S/C28H34Cl2F3N3O4S/c1-3-25(27(38)34-20-10-4-5-11-20)35(18-22-23(29)13-7-14-24(22)30)26(37)15-8-16-36(41(2,39)40)21-12-6-9-19(17-21)28(31,32)33/h6-7,9,12-14,17,20,25H,3-5,8,10-11,15-16,18H2,1-2H3,(H,34,38). The number of nitrogens with one attached hydrogen (secondary N) is 1. The van der Waals surface area contributed by atoms with E-state index in [9.17, 15) is 31.2 Å². The molecule has 41 heavy (non-hydrogen) atoms. The third-order valence-electron chi connectivity index (χ3n) is 7.09. The van der Waals surface area contributed by atoms with Crippen LogP contribution in [0, 0.1) is 0 Å². The van der Waals surface area contributed by atoms with E-state index in [-0.39, 0.29) is 43.6 Å². The third kappa shape index (κ3) is 8.99. The van der Waals surface area contributed by atoms with Gasteiger partial charge in [0, 0.05) is 41.2 Å². The van der Waals surface area contributed by atoms with Crippen molar-refractivity contribution in [3.8, 4) is 0 Å². The Morgan fingerprint density at radius 2 is 1.68 bits per heavy atom. The summed E-state index contributed by atoms with van der Waals surface area (Å²) in [4.78, 5) is 28.3. The summed E-state index contributed by atoms with van der Waals surface area (Å²) in [7, 11) is -3.96. The Morgan fingerprint density at radius 1 is 1.07 bits per heavy atom. The molecule has 0 saturated heterocycles. The first-order valence-corrected chi connectivity index (χ1v) is 16.0. The van der Waals surface area contributed by atoms with Crippen molar-refractivity contribution in [3.63, 3.8) is 0 Å². The van der Waals surface area contributed by atoms with Crippen molar-refractivity contribution in [2.75, 3.05) is 17.1 Å². The molecule has 7 nitrogen and oxygen atoms in total. The summed E-state index contributed by atoms with van der Waals surface area (Å²) in [6, 6.07) is 8.14. The first kappa shape index (κ1) is 33.0. The van der Waals surface area contributed by atoms with Crippen LogP contribution >= 0.6 is 23.2 Å². The fraction of sp³-hybridized carbons (Fsp3) is 0.500. The quantitative estimate of drug-likeness (QED) is 0.291. The number of nitrogens with zero attached hydrogens (tertiary/aromatic N) is 2. The number of rotatable bonds is 12. The second kappa shape index (κ2) is 14.1. The maximum Gasteiger partial charge on any atom is 0.416 e. The molecule has 1 aliphatic carbocycles. The SMILES string of the molecule is CCC(C(=O)NC1CCCC1)N(Cc1c(Cl)cccc1Cl)C(=O)CCCN(c1cccc(C(F)(F)F)c1)S(C)(=O)=O. The second-order valence-electron chi connectivity index (χ2n) is 10.1. The Morgan fingerprint density at radius 3 is 2.24 bits per heavy atom. The van der Waals surface area contributed by atoms with Crippen molar-refractivity contribution in [1.29, 1.82) is 0 Å². The van der Waals surface area contributed by atoms with Crippen molar-refractivity contribution in [2.24, 2.45) is 0 Å². The van der Waals surface area contributed by atoms with Gasteiger partial charge >= 0.3 is 6.18 Å². The van der Waals surface area contributed by atoms with Crippen LogP contribution in [0.15, 0.2) is 42.5 Å². The highest BCUT2D eigenvalue weighted by Crippen LogP contribution is 2.32. The summed E-state index contributed by atoms with van der Waals surface area (Å²) < 4.78 is 65.6. The molecule has 1 aliphatic rings. The molecular formula is C28H34Cl2F3N3O4S. The maximum atomic E-state index is 13.6. The van der Waals surface area contributed by atoms with Gasteiger partial charge < -0.3 is 10.2 Å². The number of hydrogen-bond donors (Lipinski definition) is 1. The first-order valence-electron chi connectivity index (χ1n) is 13.4. The number of benzene rings is 2. The number of alkyl halides is 3. The van der Waals surface area contributed by atoms with E-state index in [0.717, 1.165) is 54.4 Å². The van der Waals surface area contributed by atoms with Crippen LogP contribution in [-0.2, 0) is 32.3 Å². The number of anilines is 1. The van der Waals surface area contributed by atoms with Crippen LogP contribution in [0.3, 0.4) is 0 Å². The summed E-state index contributed by atoms with van der Waals surface area (Å²) in [5.74, 6) is -0.732. The summed E-state index contributed by atoms with van der Waals surface area (Å²) in [5.41, 5.74) is -0.670. The van der Waals surface area contributed by atoms with Gasteiger partial charge in [-0.1, -0.05) is 55.1 Å². The van der Waals surface area contributed by atoms with E-state index < -0.39 is 33.7 Å². The number of amides is 2. The van der Waals surface area contributed by atoms with E-state index in [0.29, 0.717) is 22.0 Å². The third-order valence-corrected chi connectivity index (χ3v) is 8.99. The lowest BCUT2D eigenvalue weighted by Gasteiger charge is -2.32. The number of halogens is 5. The molecule has 3 rings (SSSR count). The van der Waals surface area contributed by atoms with Gasteiger partial charge in [-0.3, -0.25) is 13.9 Å². The Labute approximate surface area is 249 Å². The monoisotopic (exact) mass is 635 g/mol. The van der Waals surface area contributed by atoms with Gasteiger partial charge in [0.05, 0.1) is 17.5 Å². The summed E-state index contributed by atoms with van der Waals surface area (Å²) in [6.45, 7) is 1.50. The van der Waals surface area contributed by atoms with Crippen molar-refractivity contribution in [1.82, 2.24) is 10.2 Å². The smallest absolute Gasteiger partial charge is 0.352 e. The number of hydrogen-bond acceptors (Lipinski definition) is 4. The Bertz CT molecular complexity index is 1310. The lowest BCUT2D eigenvalue weighted by atomic mass is 10.1. The minimum absolute atomic E-state index is 0.00438. The van der Waals surface area contributed by atoms with Gasteiger partial charge in [-0.05, 0) is 56.0 Å². The van der Waals surface area contributed by atoms with Gasteiger partial charge in [0.25, 0.3) is 0 Å². The van der Waals surface area contributed by atoms with Crippen molar-refractivity contribution in [2.45, 2.75) is 76.7 Å². The minimum Gasteiger partial charge on any atom is -0.352 e. The predicted molar refractivity (Wildman–Crippen MR) is 154 cm³/mol. The van der Waals surface area contributed by atoms with Crippen LogP contribution in [0.4, 0.5) is 18.9 Å². The molecular weight excluding hydrogens is 602 g/mol. The van der Waals surface area contributed by atoms with Crippen LogP contribution in [0.25, 0.3) is 0 Å². The predicted octanol–water partition coefficient (Wildman–Crippen LogP) is 6.42.